The molecule has 2 aromatic heterocycles. The number of primary amides is 1. The van der Waals surface area contributed by atoms with Gasteiger partial charge < -0.3 is 10.7 Å². The van der Waals surface area contributed by atoms with Crippen molar-refractivity contribution in [3.63, 3.8) is 0 Å². The van der Waals surface area contributed by atoms with E-state index >= 15 is 0 Å². The van der Waals surface area contributed by atoms with Crippen molar-refractivity contribution < 1.29 is 13.2 Å². The van der Waals surface area contributed by atoms with Crippen LogP contribution in [0.1, 0.15) is 59.3 Å². The van der Waals surface area contributed by atoms with Crippen LogP contribution in [0.3, 0.4) is 0 Å². The molecule has 3 N–H and O–H groups in total. The van der Waals surface area contributed by atoms with Crippen molar-refractivity contribution in [1.82, 2.24) is 14.2 Å². The molecule has 1 aromatic carbocycles. The summed E-state index contributed by atoms with van der Waals surface area (Å²) in [6.45, 7) is 6.05. The molecule has 2 aliphatic rings. The van der Waals surface area contributed by atoms with Gasteiger partial charge in [0.25, 0.3) is 5.91 Å². The number of thiophene rings is 1. The number of nitrogens with two attached hydrogens (primary N) is 1. The van der Waals surface area contributed by atoms with Crippen LogP contribution >= 0.6 is 11.3 Å². The summed E-state index contributed by atoms with van der Waals surface area (Å²) < 4.78 is 26.1. The molecule has 182 valence electrons. The van der Waals surface area contributed by atoms with E-state index in [4.69, 9.17) is 5.73 Å². The van der Waals surface area contributed by atoms with Crippen molar-refractivity contribution in [2.75, 3.05) is 31.9 Å². The summed E-state index contributed by atoms with van der Waals surface area (Å²) in [4.78, 5) is 19.4. The van der Waals surface area contributed by atoms with E-state index < -0.39 is 15.9 Å². The topological polar surface area (TPSA) is 99.5 Å². The molecular weight excluding hydrogens is 468 g/mol. The number of nitrogens with zero attached hydrogens (tertiary/aromatic N) is 2. The second kappa shape index (κ2) is 9.45. The Morgan fingerprint density at radius 1 is 1.12 bits per heavy atom. The number of carbonyl (C=O) groups excluding carboxylic acids is 1. The highest BCUT2D eigenvalue weighted by Crippen LogP contribution is 2.38. The molecular formula is C25H32N4O3S2. The smallest absolute Gasteiger partial charge is 0.250 e. The first-order valence-electron chi connectivity index (χ1n) is 12.1. The summed E-state index contributed by atoms with van der Waals surface area (Å²) in [5, 5.41) is 3.17. The first kappa shape index (κ1) is 23.5. The van der Waals surface area contributed by atoms with Crippen LogP contribution in [0.25, 0.3) is 22.0 Å². The van der Waals surface area contributed by atoms with Gasteiger partial charge in [-0.15, -0.1) is 11.3 Å². The van der Waals surface area contributed by atoms with Gasteiger partial charge in [0.15, 0.2) is 0 Å². The molecule has 2 aliphatic heterocycles. The Hall–Kier alpha value is -2.20. The molecule has 9 heteroatoms. The number of aromatic nitrogens is 1. The van der Waals surface area contributed by atoms with Crippen molar-refractivity contribution in [3.8, 4) is 11.1 Å². The Kier molecular flexibility index (Phi) is 6.54. The first-order valence-corrected chi connectivity index (χ1v) is 14.6. The van der Waals surface area contributed by atoms with E-state index in [2.05, 4.69) is 27.4 Å². The van der Waals surface area contributed by atoms with Gasteiger partial charge >= 0.3 is 0 Å². The molecule has 5 rings (SSSR count). The molecule has 0 radical (unpaired) electrons. The van der Waals surface area contributed by atoms with E-state index in [0.29, 0.717) is 18.7 Å². The maximum atomic E-state index is 12.3. The molecule has 3 aromatic rings. The Bertz CT molecular complexity index is 1300. The lowest BCUT2D eigenvalue weighted by Crippen LogP contribution is -2.38. The minimum absolute atomic E-state index is 0.135. The number of hydrogen-bond acceptors (Lipinski definition) is 5. The van der Waals surface area contributed by atoms with Crippen LogP contribution in [0.2, 0.25) is 0 Å². The van der Waals surface area contributed by atoms with Gasteiger partial charge in [0.05, 0.1) is 16.8 Å². The number of sulfonamides is 1. The van der Waals surface area contributed by atoms with Gasteiger partial charge in [0.1, 0.15) is 0 Å². The van der Waals surface area contributed by atoms with Gasteiger partial charge in [-0.25, -0.2) is 12.7 Å². The summed E-state index contributed by atoms with van der Waals surface area (Å²) >= 11 is 1.76. The lowest BCUT2D eigenvalue weighted by Gasteiger charge is -2.31. The zero-order valence-electron chi connectivity index (χ0n) is 19.5. The van der Waals surface area contributed by atoms with E-state index in [9.17, 15) is 13.2 Å². The molecule has 0 unspecified atom stereocenters. The van der Waals surface area contributed by atoms with Gasteiger partial charge in [-0.1, -0.05) is 0 Å². The predicted octanol–water partition coefficient (Wildman–Crippen LogP) is 4.12. The molecule has 0 bridgehead atoms. The number of benzene rings is 1. The number of amides is 1. The van der Waals surface area contributed by atoms with Crippen LogP contribution in [0, 0.1) is 0 Å². The number of likely N-dealkylation sites (tertiary alicyclic amines) is 1. The van der Waals surface area contributed by atoms with Crippen LogP contribution in [0.15, 0.2) is 29.8 Å². The number of piperidine rings is 1. The molecule has 2 fully saturated rings. The number of fused-ring (bicyclic) bond motifs is 1. The SMILES string of the molecule is CCS(=O)(=O)N1CCC(c2c[nH]c3c(C(N)=O)cc(-c4csc(CN5CCCC5)c4)cc23)CC1. The maximum absolute atomic E-state index is 12.3. The highest BCUT2D eigenvalue weighted by atomic mass is 32.2. The average molecular weight is 501 g/mol. The summed E-state index contributed by atoms with van der Waals surface area (Å²) in [5.41, 5.74) is 10.3. The van der Waals surface area contributed by atoms with Crippen molar-refractivity contribution in [2.24, 2.45) is 5.73 Å². The summed E-state index contributed by atoms with van der Waals surface area (Å²) in [6, 6.07) is 6.28. The minimum Gasteiger partial charge on any atom is -0.366 e. The first-order chi connectivity index (χ1) is 16.4. The van der Waals surface area contributed by atoms with E-state index in [1.54, 1.807) is 22.6 Å². The van der Waals surface area contributed by atoms with Crippen molar-refractivity contribution in [3.05, 3.63) is 45.8 Å². The van der Waals surface area contributed by atoms with Gasteiger partial charge in [0, 0.05) is 36.1 Å². The molecule has 34 heavy (non-hydrogen) atoms. The zero-order valence-corrected chi connectivity index (χ0v) is 21.2. The number of carbonyl (C=O) groups is 1. The molecule has 1 amide bonds. The van der Waals surface area contributed by atoms with Crippen LogP contribution < -0.4 is 5.73 Å². The van der Waals surface area contributed by atoms with E-state index in [1.165, 1.54) is 17.7 Å². The molecule has 7 nitrogen and oxygen atoms in total. The van der Waals surface area contributed by atoms with Crippen molar-refractivity contribution in [1.29, 1.82) is 0 Å². The number of rotatable bonds is 7. The van der Waals surface area contributed by atoms with E-state index in [0.717, 1.165) is 60.1 Å². The van der Waals surface area contributed by atoms with Crippen LogP contribution in [-0.4, -0.2) is 60.4 Å². The number of nitrogens with one attached hydrogen (secondary N) is 1. The summed E-state index contributed by atoms with van der Waals surface area (Å²) in [6.07, 6.45) is 6.05. The molecule has 0 spiro atoms. The zero-order chi connectivity index (χ0) is 23.9. The van der Waals surface area contributed by atoms with Crippen LogP contribution in [-0.2, 0) is 16.6 Å². The third-order valence-electron chi connectivity index (χ3n) is 7.30. The van der Waals surface area contributed by atoms with Crippen molar-refractivity contribution >= 4 is 38.2 Å². The quantitative estimate of drug-likeness (QED) is 0.510. The monoisotopic (exact) mass is 500 g/mol. The fourth-order valence-corrected chi connectivity index (χ4v) is 7.42. The lowest BCUT2D eigenvalue weighted by molar-refractivity contribution is 0.100. The third kappa shape index (κ3) is 4.54. The highest BCUT2D eigenvalue weighted by molar-refractivity contribution is 7.89. The van der Waals surface area contributed by atoms with Crippen molar-refractivity contribution in [2.45, 2.75) is 45.1 Å². The Morgan fingerprint density at radius 2 is 1.85 bits per heavy atom. The lowest BCUT2D eigenvalue weighted by atomic mass is 9.88. The molecule has 0 saturated carbocycles. The molecule has 2 saturated heterocycles. The van der Waals surface area contributed by atoms with Gasteiger partial charge in [0.2, 0.25) is 10.0 Å². The second-order valence-electron chi connectivity index (χ2n) is 9.41. The fourth-order valence-electron chi connectivity index (χ4n) is 5.36. The fraction of sp³-hybridized carbons (Fsp3) is 0.480. The summed E-state index contributed by atoms with van der Waals surface area (Å²) in [7, 11) is -3.16. The largest absolute Gasteiger partial charge is 0.366 e. The number of H-pyrrole nitrogens is 1. The maximum Gasteiger partial charge on any atom is 0.250 e. The highest BCUT2D eigenvalue weighted by Gasteiger charge is 2.29. The average Bonchev–Trinajstić information content (AvgIpc) is 3.60. The standard InChI is InChI=1S/C25H32N4O3S2/c1-2-34(31,32)29-9-5-17(6-10-29)23-14-27-24-21(23)12-18(13-22(24)25(26)30)19-11-20(33-16-19)15-28-7-3-4-8-28/h11-14,16-17,27H,2-10,15H2,1H3,(H2,26,30). The molecule has 4 heterocycles. The molecule has 0 atom stereocenters. The summed E-state index contributed by atoms with van der Waals surface area (Å²) in [5.74, 6) is -0.0749. The van der Waals surface area contributed by atoms with Gasteiger partial charge in [-0.05, 0) is 91.9 Å². The second-order valence-corrected chi connectivity index (χ2v) is 12.7. The van der Waals surface area contributed by atoms with E-state index in [1.807, 2.05) is 12.3 Å². The van der Waals surface area contributed by atoms with E-state index in [-0.39, 0.29) is 11.7 Å². The number of hydrogen-bond donors (Lipinski definition) is 2. The predicted molar refractivity (Wildman–Crippen MR) is 138 cm³/mol. The van der Waals surface area contributed by atoms with Gasteiger partial charge in [-0.2, -0.15) is 0 Å². The van der Waals surface area contributed by atoms with Gasteiger partial charge in [-0.3, -0.25) is 9.69 Å². The normalized spacial score (nSPS) is 18.7. The van der Waals surface area contributed by atoms with Crippen LogP contribution in [0.4, 0.5) is 0 Å². The molecule has 0 aliphatic carbocycles. The number of aromatic amines is 1. The minimum atomic E-state index is -3.16. The third-order valence-corrected chi connectivity index (χ3v) is 10.1. The Morgan fingerprint density at radius 3 is 2.53 bits per heavy atom. The Labute approximate surface area is 205 Å². The Balaban J connectivity index is 1.45. The van der Waals surface area contributed by atoms with Crippen LogP contribution in [0.5, 0.6) is 0 Å².